The lowest BCUT2D eigenvalue weighted by atomic mass is 10.2. The van der Waals surface area contributed by atoms with Crippen molar-refractivity contribution in [2.75, 3.05) is 19.6 Å². The van der Waals surface area contributed by atoms with E-state index in [2.05, 4.69) is 37.2 Å². The van der Waals surface area contributed by atoms with Gasteiger partial charge in [0.05, 0.1) is 5.56 Å². The first-order chi connectivity index (χ1) is 8.58. The molecule has 2 rings (SSSR count). The van der Waals surface area contributed by atoms with Crippen molar-refractivity contribution in [3.63, 3.8) is 0 Å². The van der Waals surface area contributed by atoms with Crippen molar-refractivity contribution >= 4 is 43.7 Å². The molecule has 1 saturated heterocycles. The van der Waals surface area contributed by atoms with Gasteiger partial charge in [0.1, 0.15) is 0 Å². The second-order valence-corrected chi connectivity index (χ2v) is 5.79. The van der Waals surface area contributed by atoms with Gasteiger partial charge >= 0.3 is 0 Å². The minimum absolute atomic E-state index is 0.000159. The Morgan fingerprint density at radius 3 is 2.78 bits per heavy atom. The zero-order chi connectivity index (χ0) is 13.1. The lowest BCUT2D eigenvalue weighted by Crippen LogP contribution is -2.34. The molecule has 6 heteroatoms. The molecule has 0 bridgehead atoms. The van der Waals surface area contributed by atoms with Crippen LogP contribution in [0.2, 0.25) is 0 Å². The average Bonchev–Trinajstić information content (AvgIpc) is 2.53. The largest absolute Gasteiger partial charge is 0.354 e. The van der Waals surface area contributed by atoms with E-state index in [1.165, 1.54) is 0 Å². The normalized spacial score (nSPS) is 16.1. The lowest BCUT2D eigenvalue weighted by molar-refractivity contribution is -0.120. The van der Waals surface area contributed by atoms with Crippen molar-refractivity contribution in [1.29, 1.82) is 0 Å². The molecular formula is C12H12Br2N2O2. The van der Waals surface area contributed by atoms with E-state index in [1.807, 2.05) is 12.1 Å². The highest BCUT2D eigenvalue weighted by Crippen LogP contribution is 2.23. The van der Waals surface area contributed by atoms with Gasteiger partial charge in [-0.2, -0.15) is 0 Å². The van der Waals surface area contributed by atoms with E-state index in [0.717, 1.165) is 8.95 Å². The fraction of sp³-hybridized carbons (Fsp3) is 0.333. The van der Waals surface area contributed by atoms with Crippen LogP contribution in [0.1, 0.15) is 16.8 Å². The first-order valence-electron chi connectivity index (χ1n) is 5.59. The number of carbonyl (C=O) groups is 2. The molecule has 0 spiro atoms. The summed E-state index contributed by atoms with van der Waals surface area (Å²) < 4.78 is 1.67. The highest BCUT2D eigenvalue weighted by Gasteiger charge is 2.21. The third kappa shape index (κ3) is 3.11. The van der Waals surface area contributed by atoms with E-state index in [0.29, 0.717) is 31.6 Å². The number of halogens is 2. The first kappa shape index (κ1) is 13.5. The summed E-state index contributed by atoms with van der Waals surface area (Å²) >= 11 is 6.74. The second kappa shape index (κ2) is 5.84. The standard InChI is InChI=1S/C12H12Br2N2O2/c13-8-1-2-9(10(14)7-8)12(18)16-5-3-11(17)15-4-6-16/h1-2,7H,3-6H2,(H,15,17). The molecule has 1 aromatic rings. The van der Waals surface area contributed by atoms with Crippen LogP contribution in [0.3, 0.4) is 0 Å². The molecule has 1 aromatic carbocycles. The van der Waals surface area contributed by atoms with Gasteiger partial charge in [0, 0.05) is 35.0 Å². The SMILES string of the molecule is O=C1CCN(C(=O)c2ccc(Br)cc2Br)CCN1. The third-order valence-electron chi connectivity index (χ3n) is 2.76. The molecule has 0 aliphatic carbocycles. The summed E-state index contributed by atoms with van der Waals surface area (Å²) in [5, 5.41) is 2.75. The molecule has 0 atom stereocenters. The molecule has 1 N–H and O–H groups in total. The Bertz CT molecular complexity index is 491. The number of nitrogens with one attached hydrogen (secondary N) is 1. The molecule has 18 heavy (non-hydrogen) atoms. The molecule has 96 valence electrons. The smallest absolute Gasteiger partial charge is 0.255 e. The molecular weight excluding hydrogens is 364 g/mol. The summed E-state index contributed by atoms with van der Waals surface area (Å²) in [5.41, 5.74) is 0.618. The molecule has 1 heterocycles. The lowest BCUT2D eigenvalue weighted by Gasteiger charge is -2.20. The number of benzene rings is 1. The van der Waals surface area contributed by atoms with Crippen molar-refractivity contribution in [3.05, 3.63) is 32.7 Å². The predicted octanol–water partition coefficient (Wildman–Crippen LogP) is 2.17. The van der Waals surface area contributed by atoms with Gasteiger partial charge < -0.3 is 10.2 Å². The maximum Gasteiger partial charge on any atom is 0.255 e. The Labute approximate surface area is 122 Å². The summed E-state index contributed by atoms with van der Waals surface area (Å²) in [6.07, 6.45) is 0.361. The molecule has 0 aromatic heterocycles. The van der Waals surface area contributed by atoms with Crippen molar-refractivity contribution in [1.82, 2.24) is 10.2 Å². The Kier molecular flexibility index (Phi) is 4.40. The molecule has 4 nitrogen and oxygen atoms in total. The fourth-order valence-corrected chi connectivity index (χ4v) is 3.02. The maximum absolute atomic E-state index is 12.3. The van der Waals surface area contributed by atoms with Gasteiger partial charge in [0.15, 0.2) is 0 Å². The van der Waals surface area contributed by atoms with Crippen LogP contribution in [-0.4, -0.2) is 36.3 Å². The van der Waals surface area contributed by atoms with E-state index >= 15 is 0 Å². The van der Waals surface area contributed by atoms with Gasteiger partial charge in [0.2, 0.25) is 5.91 Å². The monoisotopic (exact) mass is 374 g/mol. The molecule has 0 saturated carbocycles. The molecule has 1 fully saturated rings. The Morgan fingerprint density at radius 1 is 1.28 bits per heavy atom. The molecule has 0 unspecified atom stereocenters. The minimum Gasteiger partial charge on any atom is -0.354 e. The van der Waals surface area contributed by atoms with Crippen LogP contribution >= 0.6 is 31.9 Å². The van der Waals surface area contributed by atoms with Gasteiger partial charge in [-0.3, -0.25) is 9.59 Å². The van der Waals surface area contributed by atoms with Crippen LogP contribution in [0.4, 0.5) is 0 Å². The Balaban J connectivity index is 2.17. The van der Waals surface area contributed by atoms with Crippen molar-refractivity contribution in [2.24, 2.45) is 0 Å². The molecule has 1 aliphatic rings. The van der Waals surface area contributed by atoms with Gasteiger partial charge in [0.25, 0.3) is 5.91 Å². The van der Waals surface area contributed by atoms with Gasteiger partial charge in [-0.25, -0.2) is 0 Å². The van der Waals surface area contributed by atoms with Crippen LogP contribution in [0.25, 0.3) is 0 Å². The highest BCUT2D eigenvalue weighted by atomic mass is 79.9. The fourth-order valence-electron chi connectivity index (χ4n) is 1.80. The highest BCUT2D eigenvalue weighted by molar-refractivity contribution is 9.11. The van der Waals surface area contributed by atoms with Crippen molar-refractivity contribution in [2.45, 2.75) is 6.42 Å². The molecule has 2 amide bonds. The maximum atomic E-state index is 12.3. The number of nitrogens with zero attached hydrogens (tertiary/aromatic N) is 1. The van der Waals surface area contributed by atoms with Crippen molar-refractivity contribution < 1.29 is 9.59 Å². The van der Waals surface area contributed by atoms with E-state index in [-0.39, 0.29) is 11.8 Å². The van der Waals surface area contributed by atoms with E-state index in [4.69, 9.17) is 0 Å². The topological polar surface area (TPSA) is 49.4 Å². The second-order valence-electron chi connectivity index (χ2n) is 4.02. The van der Waals surface area contributed by atoms with Gasteiger partial charge in [-0.15, -0.1) is 0 Å². The summed E-state index contributed by atoms with van der Waals surface area (Å²) in [6.45, 7) is 1.53. The summed E-state index contributed by atoms with van der Waals surface area (Å²) in [4.78, 5) is 25.3. The van der Waals surface area contributed by atoms with Crippen molar-refractivity contribution in [3.8, 4) is 0 Å². The van der Waals surface area contributed by atoms with E-state index in [1.54, 1.807) is 11.0 Å². The van der Waals surface area contributed by atoms with E-state index < -0.39 is 0 Å². The van der Waals surface area contributed by atoms with E-state index in [9.17, 15) is 9.59 Å². The number of amides is 2. The number of hydrogen-bond donors (Lipinski definition) is 1. The van der Waals surface area contributed by atoms with Crippen LogP contribution in [0, 0.1) is 0 Å². The van der Waals surface area contributed by atoms with Crippen LogP contribution < -0.4 is 5.32 Å². The third-order valence-corrected chi connectivity index (χ3v) is 3.91. The number of hydrogen-bond acceptors (Lipinski definition) is 2. The summed E-state index contributed by atoms with van der Waals surface area (Å²) in [7, 11) is 0. The van der Waals surface area contributed by atoms with Crippen LogP contribution in [0.15, 0.2) is 27.1 Å². The predicted molar refractivity (Wildman–Crippen MR) is 75.4 cm³/mol. The average molecular weight is 376 g/mol. The minimum atomic E-state index is -0.0501. The first-order valence-corrected chi connectivity index (χ1v) is 7.17. The zero-order valence-electron chi connectivity index (χ0n) is 9.58. The Morgan fingerprint density at radius 2 is 2.06 bits per heavy atom. The quantitative estimate of drug-likeness (QED) is 0.817. The summed E-state index contributed by atoms with van der Waals surface area (Å²) in [5.74, 6) is -0.0500. The van der Waals surface area contributed by atoms with Crippen LogP contribution in [-0.2, 0) is 4.79 Å². The molecule has 1 aliphatic heterocycles. The summed E-state index contributed by atoms with van der Waals surface area (Å²) in [6, 6.07) is 5.45. The zero-order valence-corrected chi connectivity index (χ0v) is 12.8. The Hall–Kier alpha value is -0.880. The van der Waals surface area contributed by atoms with Gasteiger partial charge in [-0.05, 0) is 34.1 Å². The van der Waals surface area contributed by atoms with Gasteiger partial charge in [-0.1, -0.05) is 15.9 Å². The van der Waals surface area contributed by atoms with Crippen LogP contribution in [0.5, 0.6) is 0 Å². The molecule has 0 radical (unpaired) electrons. The number of carbonyl (C=O) groups excluding carboxylic acids is 2. The number of rotatable bonds is 1.